The molecule has 0 aliphatic carbocycles. The first-order valence-electron chi connectivity index (χ1n) is 6.51. The van der Waals surface area contributed by atoms with Crippen molar-refractivity contribution in [2.75, 3.05) is 13.2 Å². The van der Waals surface area contributed by atoms with E-state index in [-0.39, 0.29) is 25.5 Å². The third-order valence-corrected chi connectivity index (χ3v) is 3.86. The minimum atomic E-state index is -0.676. The Hall–Kier alpha value is -1.56. The number of thiophene rings is 1. The molecule has 1 atom stereocenters. The number of amides is 1. The Kier molecular flexibility index (Phi) is 6.04. The van der Waals surface area contributed by atoms with Crippen molar-refractivity contribution >= 4 is 28.8 Å². The summed E-state index contributed by atoms with van der Waals surface area (Å²) in [6.45, 7) is 0.436. The van der Waals surface area contributed by atoms with Gasteiger partial charge in [0.1, 0.15) is 5.75 Å². The average molecular weight is 326 g/mol. The zero-order chi connectivity index (χ0) is 15.1. The van der Waals surface area contributed by atoms with E-state index in [9.17, 15) is 9.90 Å². The number of carbonyl (C=O) groups is 1. The molecule has 0 aliphatic heterocycles. The van der Waals surface area contributed by atoms with Crippen molar-refractivity contribution in [2.24, 2.45) is 0 Å². The molecule has 0 bridgehead atoms. The van der Waals surface area contributed by atoms with E-state index < -0.39 is 6.10 Å². The molecule has 1 aromatic heterocycles. The van der Waals surface area contributed by atoms with Crippen LogP contribution in [0.2, 0.25) is 5.02 Å². The predicted octanol–water partition coefficient (Wildman–Crippen LogP) is 3.02. The fourth-order valence-corrected chi connectivity index (χ4v) is 2.59. The Morgan fingerprint density at radius 2 is 2.19 bits per heavy atom. The van der Waals surface area contributed by atoms with E-state index in [1.54, 1.807) is 12.1 Å². The second-order valence-electron chi connectivity index (χ2n) is 4.41. The zero-order valence-corrected chi connectivity index (χ0v) is 12.9. The maximum atomic E-state index is 11.7. The number of aliphatic hydroxyl groups is 1. The number of carbonyl (C=O) groups excluding carboxylic acids is 1. The molecule has 1 amide bonds. The lowest BCUT2D eigenvalue weighted by atomic mass is 10.2. The quantitative estimate of drug-likeness (QED) is 0.822. The fourth-order valence-electron chi connectivity index (χ4n) is 1.70. The number of nitrogens with one attached hydrogen (secondary N) is 1. The van der Waals surface area contributed by atoms with Gasteiger partial charge in [0.05, 0.1) is 24.2 Å². The van der Waals surface area contributed by atoms with Gasteiger partial charge in [0.15, 0.2) is 0 Å². The van der Waals surface area contributed by atoms with E-state index in [1.807, 2.05) is 29.0 Å². The van der Waals surface area contributed by atoms with E-state index in [0.717, 1.165) is 5.56 Å². The fraction of sp³-hybridized carbons (Fsp3) is 0.267. The maximum Gasteiger partial charge on any atom is 0.223 e. The van der Waals surface area contributed by atoms with Gasteiger partial charge in [-0.15, -0.1) is 0 Å². The van der Waals surface area contributed by atoms with Gasteiger partial charge in [-0.3, -0.25) is 4.79 Å². The first-order chi connectivity index (χ1) is 10.2. The van der Waals surface area contributed by atoms with Gasteiger partial charge >= 0.3 is 0 Å². The molecule has 0 aliphatic rings. The van der Waals surface area contributed by atoms with Crippen LogP contribution in [0.5, 0.6) is 5.75 Å². The van der Waals surface area contributed by atoms with E-state index in [1.165, 1.54) is 11.3 Å². The van der Waals surface area contributed by atoms with Crippen molar-refractivity contribution in [3.8, 4) is 5.75 Å². The third kappa shape index (κ3) is 5.04. The topological polar surface area (TPSA) is 58.6 Å². The molecule has 6 heteroatoms. The summed E-state index contributed by atoms with van der Waals surface area (Å²) in [4.78, 5) is 11.7. The molecule has 0 saturated carbocycles. The number of ether oxygens (including phenoxy) is 1. The molecule has 1 heterocycles. The highest BCUT2D eigenvalue weighted by molar-refractivity contribution is 7.07. The monoisotopic (exact) mass is 325 g/mol. The third-order valence-electron chi connectivity index (χ3n) is 2.84. The van der Waals surface area contributed by atoms with Crippen LogP contribution >= 0.6 is 22.9 Å². The highest BCUT2D eigenvalue weighted by Crippen LogP contribution is 2.23. The summed E-state index contributed by atoms with van der Waals surface area (Å²) in [6.07, 6.45) is -0.466. The minimum Gasteiger partial charge on any atom is -0.491 e. The highest BCUT2D eigenvalue weighted by atomic mass is 35.5. The lowest BCUT2D eigenvalue weighted by Crippen LogP contribution is -2.29. The molecule has 0 saturated heterocycles. The summed E-state index contributed by atoms with van der Waals surface area (Å²) in [7, 11) is 0. The first-order valence-corrected chi connectivity index (χ1v) is 7.83. The SMILES string of the molecule is O=C(CCOc1ccccc1Cl)NCC(O)c1ccsc1. The van der Waals surface area contributed by atoms with Crippen molar-refractivity contribution < 1.29 is 14.6 Å². The van der Waals surface area contributed by atoms with Gasteiger partial charge in [0.2, 0.25) is 5.91 Å². The van der Waals surface area contributed by atoms with E-state index in [2.05, 4.69) is 5.32 Å². The van der Waals surface area contributed by atoms with Crippen LogP contribution in [0.1, 0.15) is 18.1 Å². The number of halogens is 1. The first kappa shape index (κ1) is 15.8. The van der Waals surface area contributed by atoms with Crippen molar-refractivity contribution in [1.82, 2.24) is 5.32 Å². The molecule has 4 nitrogen and oxygen atoms in total. The molecule has 1 aromatic carbocycles. The Morgan fingerprint density at radius 3 is 2.90 bits per heavy atom. The minimum absolute atomic E-state index is 0.170. The maximum absolute atomic E-state index is 11.7. The second kappa shape index (κ2) is 8.02. The van der Waals surface area contributed by atoms with Crippen LogP contribution in [0.3, 0.4) is 0 Å². The van der Waals surface area contributed by atoms with E-state index >= 15 is 0 Å². The van der Waals surface area contributed by atoms with Gasteiger partial charge < -0.3 is 15.2 Å². The zero-order valence-electron chi connectivity index (χ0n) is 11.3. The summed E-state index contributed by atoms with van der Waals surface area (Å²) in [5.41, 5.74) is 0.813. The summed E-state index contributed by atoms with van der Waals surface area (Å²) in [6, 6.07) is 8.95. The Labute approximate surface area is 132 Å². The van der Waals surface area contributed by atoms with Crippen LogP contribution in [0.25, 0.3) is 0 Å². The molecule has 2 N–H and O–H groups in total. The lowest BCUT2D eigenvalue weighted by Gasteiger charge is -2.11. The average Bonchev–Trinajstić information content (AvgIpc) is 3.01. The Balaban J connectivity index is 1.67. The number of para-hydroxylation sites is 1. The largest absolute Gasteiger partial charge is 0.491 e. The molecular weight excluding hydrogens is 310 g/mol. The van der Waals surface area contributed by atoms with Crippen molar-refractivity contribution in [2.45, 2.75) is 12.5 Å². The van der Waals surface area contributed by atoms with Gasteiger partial charge in [-0.05, 0) is 34.5 Å². The highest BCUT2D eigenvalue weighted by Gasteiger charge is 2.10. The summed E-state index contributed by atoms with van der Waals surface area (Å²) in [5, 5.41) is 16.8. The summed E-state index contributed by atoms with van der Waals surface area (Å²) < 4.78 is 5.43. The van der Waals surface area contributed by atoms with Gasteiger partial charge in [-0.2, -0.15) is 11.3 Å². The van der Waals surface area contributed by atoms with E-state index in [0.29, 0.717) is 10.8 Å². The molecule has 2 aromatic rings. The van der Waals surface area contributed by atoms with Gasteiger partial charge in [0, 0.05) is 6.54 Å². The standard InChI is InChI=1S/C15H16ClNO3S/c16-12-3-1-2-4-14(12)20-7-5-15(19)17-9-13(18)11-6-8-21-10-11/h1-4,6,8,10,13,18H,5,7,9H2,(H,17,19). The molecule has 0 spiro atoms. The van der Waals surface area contributed by atoms with Crippen LogP contribution < -0.4 is 10.1 Å². The normalized spacial score (nSPS) is 11.9. The lowest BCUT2D eigenvalue weighted by molar-refractivity contribution is -0.122. The van der Waals surface area contributed by atoms with Crippen LogP contribution in [0, 0.1) is 0 Å². The van der Waals surface area contributed by atoms with Crippen molar-refractivity contribution in [1.29, 1.82) is 0 Å². The van der Waals surface area contributed by atoms with Crippen LogP contribution in [-0.2, 0) is 4.79 Å². The van der Waals surface area contributed by atoms with Crippen LogP contribution in [0.15, 0.2) is 41.1 Å². The van der Waals surface area contributed by atoms with Crippen molar-refractivity contribution in [3.05, 3.63) is 51.7 Å². The number of hydrogen-bond donors (Lipinski definition) is 2. The molecule has 21 heavy (non-hydrogen) atoms. The second-order valence-corrected chi connectivity index (χ2v) is 5.59. The number of hydrogen-bond acceptors (Lipinski definition) is 4. The number of rotatable bonds is 7. The summed E-state index contributed by atoms with van der Waals surface area (Å²) in [5.74, 6) is 0.390. The smallest absolute Gasteiger partial charge is 0.223 e. The molecule has 0 radical (unpaired) electrons. The van der Waals surface area contributed by atoms with Crippen LogP contribution in [-0.4, -0.2) is 24.2 Å². The molecule has 112 valence electrons. The molecular formula is C15H16ClNO3S. The molecule has 1 unspecified atom stereocenters. The van der Waals surface area contributed by atoms with E-state index in [4.69, 9.17) is 16.3 Å². The molecule has 0 fully saturated rings. The van der Waals surface area contributed by atoms with Gasteiger partial charge in [-0.25, -0.2) is 0 Å². The number of benzene rings is 1. The van der Waals surface area contributed by atoms with Gasteiger partial charge in [0.25, 0.3) is 0 Å². The van der Waals surface area contributed by atoms with Crippen molar-refractivity contribution in [3.63, 3.8) is 0 Å². The Morgan fingerprint density at radius 1 is 1.38 bits per heavy atom. The molecule has 2 rings (SSSR count). The number of aliphatic hydroxyl groups excluding tert-OH is 1. The van der Waals surface area contributed by atoms with Gasteiger partial charge in [-0.1, -0.05) is 23.7 Å². The van der Waals surface area contributed by atoms with Crippen LogP contribution in [0.4, 0.5) is 0 Å². The summed E-state index contributed by atoms with van der Waals surface area (Å²) >= 11 is 7.45. The predicted molar refractivity (Wildman–Crippen MR) is 83.9 cm³/mol. The Bertz CT molecular complexity index is 574.